The van der Waals surface area contributed by atoms with Crippen LogP contribution in [0.1, 0.15) is 12.0 Å². The quantitative estimate of drug-likeness (QED) is 0.726. The summed E-state index contributed by atoms with van der Waals surface area (Å²) in [6, 6.07) is 20.2. The molecule has 0 aliphatic carbocycles. The molecule has 3 rings (SSSR count). The van der Waals surface area contributed by atoms with E-state index in [1.165, 1.54) is 5.56 Å². The smallest absolute Gasteiger partial charge is 0.220 e. The molecule has 24 heavy (non-hydrogen) atoms. The molecule has 1 aromatic heterocycles. The van der Waals surface area contributed by atoms with E-state index < -0.39 is 0 Å². The van der Waals surface area contributed by atoms with Gasteiger partial charge in [0.1, 0.15) is 0 Å². The summed E-state index contributed by atoms with van der Waals surface area (Å²) in [5, 5.41) is 7.30. The Bertz CT molecular complexity index is 766. The van der Waals surface area contributed by atoms with Gasteiger partial charge in [-0.15, -0.1) is 0 Å². The molecule has 1 N–H and O–H groups in total. The van der Waals surface area contributed by atoms with Crippen molar-refractivity contribution in [2.24, 2.45) is 0 Å². The van der Waals surface area contributed by atoms with Gasteiger partial charge >= 0.3 is 0 Å². The molecule has 0 spiro atoms. The van der Waals surface area contributed by atoms with Crippen LogP contribution in [0.5, 0.6) is 0 Å². The van der Waals surface area contributed by atoms with Crippen LogP contribution in [-0.2, 0) is 17.8 Å². The molecular weight excluding hydrogens is 298 g/mol. The van der Waals surface area contributed by atoms with Crippen LogP contribution in [0, 0.1) is 0 Å². The second kappa shape index (κ2) is 8.11. The first-order chi connectivity index (χ1) is 11.8. The van der Waals surface area contributed by atoms with Crippen LogP contribution < -0.4 is 5.32 Å². The largest absolute Gasteiger partial charge is 0.354 e. The Hall–Kier alpha value is -2.88. The Balaban J connectivity index is 1.42. The fourth-order valence-electron chi connectivity index (χ4n) is 2.57. The van der Waals surface area contributed by atoms with Gasteiger partial charge in [0, 0.05) is 24.7 Å². The van der Waals surface area contributed by atoms with Crippen LogP contribution in [0.3, 0.4) is 0 Å². The number of nitrogens with one attached hydrogen (secondary N) is 1. The average Bonchev–Trinajstić information content (AvgIpc) is 3.11. The lowest BCUT2D eigenvalue weighted by Gasteiger charge is -2.05. The lowest BCUT2D eigenvalue weighted by molar-refractivity contribution is -0.121. The van der Waals surface area contributed by atoms with E-state index in [4.69, 9.17) is 0 Å². The summed E-state index contributed by atoms with van der Waals surface area (Å²) in [5.41, 5.74) is 3.42. The van der Waals surface area contributed by atoms with Crippen LogP contribution in [0.25, 0.3) is 11.1 Å². The molecule has 0 aliphatic rings. The number of rotatable bonds is 7. The summed E-state index contributed by atoms with van der Waals surface area (Å²) in [6.45, 7) is 1.26. The van der Waals surface area contributed by atoms with Gasteiger partial charge in [-0.25, -0.2) is 0 Å². The highest BCUT2D eigenvalue weighted by Crippen LogP contribution is 2.17. The first kappa shape index (κ1) is 16.0. The predicted octanol–water partition coefficient (Wildman–Crippen LogP) is 3.30. The highest BCUT2D eigenvalue weighted by molar-refractivity contribution is 5.76. The van der Waals surface area contributed by atoms with Crippen molar-refractivity contribution in [3.63, 3.8) is 0 Å². The molecule has 0 aliphatic heterocycles. The predicted molar refractivity (Wildman–Crippen MR) is 95.4 cm³/mol. The number of hydrogen-bond acceptors (Lipinski definition) is 2. The van der Waals surface area contributed by atoms with E-state index in [1.54, 1.807) is 0 Å². The maximum Gasteiger partial charge on any atom is 0.220 e. The summed E-state index contributed by atoms with van der Waals surface area (Å²) in [7, 11) is 0. The van der Waals surface area contributed by atoms with Gasteiger partial charge in [-0.2, -0.15) is 5.10 Å². The first-order valence-electron chi connectivity index (χ1n) is 8.20. The van der Waals surface area contributed by atoms with Crippen molar-refractivity contribution < 1.29 is 4.79 Å². The number of hydrogen-bond donors (Lipinski definition) is 1. The monoisotopic (exact) mass is 319 g/mol. The highest BCUT2D eigenvalue weighted by atomic mass is 16.1. The van der Waals surface area contributed by atoms with Gasteiger partial charge < -0.3 is 5.32 Å². The van der Waals surface area contributed by atoms with Crippen molar-refractivity contribution in [3.8, 4) is 11.1 Å². The molecule has 0 atom stereocenters. The fourth-order valence-corrected chi connectivity index (χ4v) is 2.57. The minimum atomic E-state index is 0.0780. The molecule has 0 saturated heterocycles. The molecule has 0 bridgehead atoms. The summed E-state index contributed by atoms with van der Waals surface area (Å²) in [4.78, 5) is 11.9. The minimum absolute atomic E-state index is 0.0780. The van der Waals surface area contributed by atoms with Crippen molar-refractivity contribution in [1.82, 2.24) is 15.1 Å². The zero-order chi connectivity index (χ0) is 16.6. The lowest BCUT2D eigenvalue weighted by atomic mass is 10.1. The molecule has 122 valence electrons. The number of benzene rings is 2. The Morgan fingerprint density at radius 2 is 1.67 bits per heavy atom. The molecule has 1 heterocycles. The number of amides is 1. The average molecular weight is 319 g/mol. The molecule has 0 radical (unpaired) electrons. The molecular formula is C20H21N3O. The maximum absolute atomic E-state index is 11.9. The van der Waals surface area contributed by atoms with E-state index >= 15 is 0 Å². The van der Waals surface area contributed by atoms with Crippen LogP contribution in [0.2, 0.25) is 0 Å². The maximum atomic E-state index is 11.9. The van der Waals surface area contributed by atoms with E-state index in [1.807, 2.05) is 65.6 Å². The van der Waals surface area contributed by atoms with Crippen molar-refractivity contribution in [2.75, 3.05) is 6.54 Å². The summed E-state index contributed by atoms with van der Waals surface area (Å²) >= 11 is 0. The van der Waals surface area contributed by atoms with Crippen LogP contribution in [0.15, 0.2) is 73.1 Å². The third-order valence-corrected chi connectivity index (χ3v) is 3.89. The summed E-state index contributed by atoms with van der Waals surface area (Å²) in [6.07, 6.45) is 5.14. The SMILES string of the molecule is O=C(CCc1ccccc1)NCCn1cc(-c2ccccc2)cn1. The lowest BCUT2D eigenvalue weighted by Crippen LogP contribution is -2.27. The Morgan fingerprint density at radius 3 is 2.42 bits per heavy atom. The minimum Gasteiger partial charge on any atom is -0.354 e. The number of aromatic nitrogens is 2. The summed E-state index contributed by atoms with van der Waals surface area (Å²) < 4.78 is 1.86. The van der Waals surface area contributed by atoms with Crippen LogP contribution in [-0.4, -0.2) is 22.2 Å². The zero-order valence-corrected chi connectivity index (χ0v) is 13.6. The van der Waals surface area contributed by atoms with Gasteiger partial charge in [-0.05, 0) is 17.5 Å². The van der Waals surface area contributed by atoms with Crippen molar-refractivity contribution in [2.45, 2.75) is 19.4 Å². The number of aryl methyl sites for hydroxylation is 1. The number of carbonyl (C=O) groups excluding carboxylic acids is 1. The van der Waals surface area contributed by atoms with E-state index in [-0.39, 0.29) is 5.91 Å². The van der Waals surface area contributed by atoms with Gasteiger partial charge in [-0.1, -0.05) is 60.7 Å². The highest BCUT2D eigenvalue weighted by Gasteiger charge is 2.03. The third kappa shape index (κ3) is 4.56. The van der Waals surface area contributed by atoms with Gasteiger partial charge in [0.05, 0.1) is 12.7 Å². The van der Waals surface area contributed by atoms with E-state index in [0.717, 1.165) is 17.5 Å². The molecule has 1 amide bonds. The fraction of sp³-hybridized carbons (Fsp3) is 0.200. The topological polar surface area (TPSA) is 46.9 Å². The van der Waals surface area contributed by atoms with Crippen molar-refractivity contribution in [1.29, 1.82) is 0 Å². The molecule has 3 aromatic rings. The molecule has 0 unspecified atom stereocenters. The van der Waals surface area contributed by atoms with Gasteiger partial charge in [0.2, 0.25) is 5.91 Å². The Kier molecular flexibility index (Phi) is 5.40. The second-order valence-electron chi connectivity index (χ2n) is 5.69. The third-order valence-electron chi connectivity index (χ3n) is 3.89. The van der Waals surface area contributed by atoms with Gasteiger partial charge in [0.25, 0.3) is 0 Å². The number of nitrogens with zero attached hydrogens (tertiary/aromatic N) is 2. The Labute approximate surface area is 142 Å². The second-order valence-corrected chi connectivity index (χ2v) is 5.69. The van der Waals surface area contributed by atoms with Gasteiger partial charge in [0.15, 0.2) is 0 Å². The Morgan fingerprint density at radius 1 is 0.958 bits per heavy atom. The van der Waals surface area contributed by atoms with Crippen LogP contribution in [0.4, 0.5) is 0 Å². The van der Waals surface area contributed by atoms with E-state index in [0.29, 0.717) is 19.5 Å². The molecule has 4 nitrogen and oxygen atoms in total. The molecule has 0 fully saturated rings. The van der Waals surface area contributed by atoms with Crippen molar-refractivity contribution >= 4 is 5.91 Å². The van der Waals surface area contributed by atoms with Crippen molar-refractivity contribution in [3.05, 3.63) is 78.6 Å². The summed E-state index contributed by atoms with van der Waals surface area (Å²) in [5.74, 6) is 0.0780. The van der Waals surface area contributed by atoms with Crippen LogP contribution >= 0.6 is 0 Å². The number of carbonyl (C=O) groups is 1. The normalized spacial score (nSPS) is 10.5. The van der Waals surface area contributed by atoms with E-state index in [9.17, 15) is 4.79 Å². The first-order valence-corrected chi connectivity index (χ1v) is 8.20. The van der Waals surface area contributed by atoms with E-state index in [2.05, 4.69) is 22.5 Å². The van der Waals surface area contributed by atoms with Gasteiger partial charge in [-0.3, -0.25) is 9.48 Å². The standard InChI is InChI=1S/C20H21N3O/c24-20(12-11-17-7-3-1-4-8-17)21-13-14-23-16-19(15-22-23)18-9-5-2-6-10-18/h1-10,15-16H,11-14H2,(H,21,24). The molecule has 2 aromatic carbocycles. The molecule has 0 saturated carbocycles. The zero-order valence-electron chi connectivity index (χ0n) is 13.6. The molecule has 4 heteroatoms.